The summed E-state index contributed by atoms with van der Waals surface area (Å²) in [7, 11) is 0. The van der Waals surface area contributed by atoms with Gasteiger partial charge in [-0.25, -0.2) is 0 Å². The van der Waals surface area contributed by atoms with Crippen LogP contribution in [0.3, 0.4) is 0 Å². The Kier molecular flexibility index (Phi) is 4.80. The zero-order valence-electron chi connectivity index (χ0n) is 11.7. The van der Waals surface area contributed by atoms with Crippen LogP contribution in [0.1, 0.15) is 45.4 Å². The highest BCUT2D eigenvalue weighted by atomic mass is 16.2. The zero-order valence-corrected chi connectivity index (χ0v) is 11.7. The van der Waals surface area contributed by atoms with Gasteiger partial charge >= 0.3 is 0 Å². The lowest BCUT2D eigenvalue weighted by Gasteiger charge is -2.36. The highest BCUT2D eigenvalue weighted by Crippen LogP contribution is 2.26. The van der Waals surface area contributed by atoms with Crippen molar-refractivity contribution in [2.24, 2.45) is 11.7 Å². The summed E-state index contributed by atoms with van der Waals surface area (Å²) in [4.78, 5) is 25.5. The van der Waals surface area contributed by atoms with E-state index in [0.717, 1.165) is 45.1 Å². The van der Waals surface area contributed by atoms with Gasteiger partial charge in [-0.2, -0.15) is 0 Å². The number of hydrogen-bond donors (Lipinski definition) is 2. The number of amides is 2. The standard InChI is InChI=1S/C14H25N3O2/c1-10(18)16-13-3-2-8-17(9-13)14(19)11-4-6-12(15)7-5-11/h11-13H,2-9,15H2,1H3,(H,16,18). The summed E-state index contributed by atoms with van der Waals surface area (Å²) < 4.78 is 0. The lowest BCUT2D eigenvalue weighted by molar-refractivity contribution is -0.138. The molecule has 2 fully saturated rings. The summed E-state index contributed by atoms with van der Waals surface area (Å²) in [5.41, 5.74) is 5.88. The number of carbonyl (C=O) groups is 2. The van der Waals surface area contributed by atoms with Crippen molar-refractivity contribution in [2.75, 3.05) is 13.1 Å². The summed E-state index contributed by atoms with van der Waals surface area (Å²) in [6.45, 7) is 3.03. The van der Waals surface area contributed by atoms with E-state index in [1.54, 1.807) is 0 Å². The van der Waals surface area contributed by atoms with Crippen molar-refractivity contribution >= 4 is 11.8 Å². The molecular formula is C14H25N3O2. The molecule has 2 amide bonds. The largest absolute Gasteiger partial charge is 0.352 e. The van der Waals surface area contributed by atoms with Crippen LogP contribution in [-0.2, 0) is 9.59 Å². The number of hydrogen-bond acceptors (Lipinski definition) is 3. The Morgan fingerprint density at radius 2 is 1.84 bits per heavy atom. The second-order valence-corrected chi connectivity index (χ2v) is 5.94. The maximum atomic E-state index is 12.5. The molecule has 2 rings (SSSR count). The predicted octanol–water partition coefficient (Wildman–Crippen LogP) is 0.631. The molecule has 5 nitrogen and oxygen atoms in total. The van der Waals surface area contributed by atoms with Gasteiger partial charge in [0.15, 0.2) is 0 Å². The van der Waals surface area contributed by atoms with E-state index in [-0.39, 0.29) is 29.8 Å². The Morgan fingerprint density at radius 3 is 2.47 bits per heavy atom. The van der Waals surface area contributed by atoms with E-state index in [0.29, 0.717) is 6.54 Å². The third kappa shape index (κ3) is 3.93. The van der Waals surface area contributed by atoms with Crippen LogP contribution >= 0.6 is 0 Å². The molecule has 0 aromatic rings. The van der Waals surface area contributed by atoms with Crippen molar-refractivity contribution in [3.8, 4) is 0 Å². The Bertz CT molecular complexity index is 338. The van der Waals surface area contributed by atoms with Gasteiger partial charge in [0.2, 0.25) is 11.8 Å². The van der Waals surface area contributed by atoms with Gasteiger partial charge in [-0.05, 0) is 38.5 Å². The van der Waals surface area contributed by atoms with Gasteiger partial charge in [0.1, 0.15) is 0 Å². The van der Waals surface area contributed by atoms with E-state index in [1.165, 1.54) is 6.92 Å². The Morgan fingerprint density at radius 1 is 1.16 bits per heavy atom. The first-order valence-corrected chi connectivity index (χ1v) is 7.37. The third-order valence-electron chi connectivity index (χ3n) is 4.26. The topological polar surface area (TPSA) is 75.4 Å². The second-order valence-electron chi connectivity index (χ2n) is 5.94. The molecule has 1 aliphatic carbocycles. The van der Waals surface area contributed by atoms with Crippen molar-refractivity contribution in [3.05, 3.63) is 0 Å². The summed E-state index contributed by atoms with van der Waals surface area (Å²) in [6, 6.07) is 0.401. The van der Waals surface area contributed by atoms with Crippen molar-refractivity contribution in [3.63, 3.8) is 0 Å². The number of rotatable bonds is 2. The van der Waals surface area contributed by atoms with E-state index < -0.39 is 0 Å². The third-order valence-corrected chi connectivity index (χ3v) is 4.26. The molecule has 0 aromatic heterocycles. The summed E-state index contributed by atoms with van der Waals surface area (Å²) >= 11 is 0. The first-order chi connectivity index (χ1) is 9.06. The van der Waals surface area contributed by atoms with Crippen molar-refractivity contribution in [1.29, 1.82) is 0 Å². The van der Waals surface area contributed by atoms with E-state index in [4.69, 9.17) is 5.73 Å². The molecule has 0 radical (unpaired) electrons. The maximum absolute atomic E-state index is 12.5. The van der Waals surface area contributed by atoms with Gasteiger partial charge in [0, 0.05) is 38.0 Å². The molecule has 5 heteroatoms. The minimum absolute atomic E-state index is 0.0112. The van der Waals surface area contributed by atoms with Crippen molar-refractivity contribution in [1.82, 2.24) is 10.2 Å². The average Bonchev–Trinajstić information content (AvgIpc) is 2.38. The Labute approximate surface area is 114 Å². The van der Waals surface area contributed by atoms with Crippen LogP contribution in [0.25, 0.3) is 0 Å². The minimum Gasteiger partial charge on any atom is -0.352 e. The molecule has 1 unspecified atom stereocenters. The summed E-state index contributed by atoms with van der Waals surface area (Å²) in [5, 5.41) is 2.92. The smallest absolute Gasteiger partial charge is 0.225 e. The number of carbonyl (C=O) groups excluding carboxylic acids is 2. The van der Waals surface area contributed by atoms with Gasteiger partial charge in [-0.1, -0.05) is 0 Å². The van der Waals surface area contributed by atoms with Crippen LogP contribution in [0.15, 0.2) is 0 Å². The molecule has 1 saturated heterocycles. The fourth-order valence-electron chi connectivity index (χ4n) is 3.21. The highest BCUT2D eigenvalue weighted by molar-refractivity contribution is 5.79. The first kappa shape index (κ1) is 14.3. The van der Waals surface area contributed by atoms with E-state index in [1.807, 2.05) is 4.90 Å². The monoisotopic (exact) mass is 267 g/mol. The van der Waals surface area contributed by atoms with E-state index in [2.05, 4.69) is 5.32 Å². The maximum Gasteiger partial charge on any atom is 0.225 e. The molecule has 0 aromatic carbocycles. The molecule has 1 atom stereocenters. The van der Waals surface area contributed by atoms with E-state index >= 15 is 0 Å². The minimum atomic E-state index is -0.0112. The Balaban J connectivity index is 1.86. The fraction of sp³-hybridized carbons (Fsp3) is 0.857. The molecule has 1 heterocycles. The van der Waals surface area contributed by atoms with Crippen LogP contribution in [0, 0.1) is 5.92 Å². The lowest BCUT2D eigenvalue weighted by atomic mass is 9.85. The normalized spacial score (nSPS) is 31.9. The number of likely N-dealkylation sites (tertiary alicyclic amines) is 1. The predicted molar refractivity (Wildman–Crippen MR) is 73.4 cm³/mol. The summed E-state index contributed by atoms with van der Waals surface area (Å²) in [5.74, 6) is 0.403. The zero-order chi connectivity index (χ0) is 13.8. The first-order valence-electron chi connectivity index (χ1n) is 7.37. The number of nitrogens with zero attached hydrogens (tertiary/aromatic N) is 1. The quantitative estimate of drug-likeness (QED) is 0.770. The molecule has 3 N–H and O–H groups in total. The molecular weight excluding hydrogens is 242 g/mol. The van der Waals surface area contributed by atoms with Gasteiger partial charge in [-0.3, -0.25) is 9.59 Å². The molecule has 19 heavy (non-hydrogen) atoms. The van der Waals surface area contributed by atoms with Crippen LogP contribution in [-0.4, -0.2) is 41.9 Å². The molecule has 1 saturated carbocycles. The number of piperidine rings is 1. The van der Waals surface area contributed by atoms with Crippen molar-refractivity contribution in [2.45, 2.75) is 57.5 Å². The van der Waals surface area contributed by atoms with Crippen LogP contribution < -0.4 is 11.1 Å². The number of nitrogens with two attached hydrogens (primary N) is 1. The highest BCUT2D eigenvalue weighted by Gasteiger charge is 2.31. The SMILES string of the molecule is CC(=O)NC1CCCN(C(=O)C2CCC(N)CC2)C1. The van der Waals surface area contributed by atoms with Gasteiger partial charge in [-0.15, -0.1) is 0 Å². The molecule has 2 aliphatic rings. The summed E-state index contributed by atoms with van der Waals surface area (Å²) in [6.07, 6.45) is 5.70. The molecule has 1 aliphatic heterocycles. The van der Waals surface area contributed by atoms with Crippen molar-refractivity contribution < 1.29 is 9.59 Å². The second kappa shape index (κ2) is 6.37. The Hall–Kier alpha value is -1.10. The van der Waals surface area contributed by atoms with Gasteiger partial charge in [0.25, 0.3) is 0 Å². The molecule has 0 spiro atoms. The van der Waals surface area contributed by atoms with E-state index in [9.17, 15) is 9.59 Å². The van der Waals surface area contributed by atoms with Gasteiger partial charge < -0.3 is 16.0 Å². The van der Waals surface area contributed by atoms with Crippen LogP contribution in [0.5, 0.6) is 0 Å². The van der Waals surface area contributed by atoms with Crippen LogP contribution in [0.4, 0.5) is 0 Å². The number of nitrogens with one attached hydrogen (secondary N) is 1. The van der Waals surface area contributed by atoms with Crippen LogP contribution in [0.2, 0.25) is 0 Å². The fourth-order valence-corrected chi connectivity index (χ4v) is 3.21. The lowest BCUT2D eigenvalue weighted by Crippen LogP contribution is -2.51. The van der Waals surface area contributed by atoms with Gasteiger partial charge in [0.05, 0.1) is 0 Å². The molecule has 108 valence electrons. The average molecular weight is 267 g/mol. The molecule has 0 bridgehead atoms.